The van der Waals surface area contributed by atoms with Gasteiger partial charge in [0.2, 0.25) is 0 Å². The number of anilines is 1. The molecule has 0 amide bonds. The molecule has 0 aliphatic rings. The topological polar surface area (TPSA) is 88.5 Å². The first-order chi connectivity index (χ1) is 10.2. The largest absolute Gasteiger partial charge is 0.573 e. The number of halogens is 3. The Labute approximate surface area is 123 Å². The first kappa shape index (κ1) is 15.9. The zero-order valence-corrected chi connectivity index (χ0v) is 11.5. The van der Waals surface area contributed by atoms with Gasteiger partial charge in [-0.15, -0.1) is 13.2 Å². The molecule has 6 nitrogen and oxygen atoms in total. The molecule has 0 bridgehead atoms. The SMILES string of the molecule is O=S(=O)(Nc1ncccc1O)c1ccc(OC(F)(F)F)cc1. The van der Waals surface area contributed by atoms with Crippen LogP contribution in [0.5, 0.6) is 11.5 Å². The molecule has 0 saturated carbocycles. The van der Waals surface area contributed by atoms with Gasteiger partial charge in [0, 0.05) is 6.20 Å². The molecule has 0 spiro atoms. The minimum absolute atomic E-state index is 0.293. The second-order valence-electron chi connectivity index (χ2n) is 4.00. The average molecular weight is 334 g/mol. The number of nitrogens with zero attached hydrogens (tertiary/aromatic N) is 1. The lowest BCUT2D eigenvalue weighted by atomic mass is 10.3. The lowest BCUT2D eigenvalue weighted by Gasteiger charge is -2.10. The monoisotopic (exact) mass is 334 g/mol. The van der Waals surface area contributed by atoms with E-state index in [0.717, 1.165) is 24.3 Å². The van der Waals surface area contributed by atoms with Gasteiger partial charge in [-0.05, 0) is 36.4 Å². The van der Waals surface area contributed by atoms with E-state index in [4.69, 9.17) is 0 Å². The lowest BCUT2D eigenvalue weighted by molar-refractivity contribution is -0.274. The maximum Gasteiger partial charge on any atom is 0.573 e. The summed E-state index contributed by atoms with van der Waals surface area (Å²) in [6, 6.07) is 6.22. The van der Waals surface area contributed by atoms with Crippen molar-refractivity contribution in [3.63, 3.8) is 0 Å². The molecule has 1 heterocycles. The van der Waals surface area contributed by atoms with Crippen molar-refractivity contribution < 1.29 is 31.4 Å². The van der Waals surface area contributed by atoms with Gasteiger partial charge in [0.25, 0.3) is 10.0 Å². The Morgan fingerprint density at radius 3 is 2.32 bits per heavy atom. The molecule has 0 atom stereocenters. The van der Waals surface area contributed by atoms with Gasteiger partial charge in [-0.25, -0.2) is 13.4 Å². The smallest absolute Gasteiger partial charge is 0.504 e. The van der Waals surface area contributed by atoms with Crippen molar-refractivity contribution >= 4 is 15.8 Å². The van der Waals surface area contributed by atoms with Crippen LogP contribution in [0.15, 0.2) is 47.5 Å². The molecular weight excluding hydrogens is 325 g/mol. The van der Waals surface area contributed by atoms with Crippen LogP contribution in [-0.2, 0) is 10.0 Å². The number of ether oxygens (including phenoxy) is 1. The summed E-state index contributed by atoms with van der Waals surface area (Å²) in [7, 11) is -4.11. The number of sulfonamides is 1. The third kappa shape index (κ3) is 4.01. The van der Waals surface area contributed by atoms with Crippen LogP contribution in [0.2, 0.25) is 0 Å². The number of aromatic hydroxyl groups is 1. The molecule has 10 heteroatoms. The highest BCUT2D eigenvalue weighted by atomic mass is 32.2. The predicted molar refractivity (Wildman–Crippen MR) is 69.8 cm³/mol. The summed E-state index contributed by atoms with van der Waals surface area (Å²) >= 11 is 0. The molecule has 22 heavy (non-hydrogen) atoms. The fourth-order valence-corrected chi connectivity index (χ4v) is 2.51. The number of rotatable bonds is 4. The summed E-state index contributed by atoms with van der Waals surface area (Å²) < 4.78 is 65.8. The zero-order chi connectivity index (χ0) is 16.4. The molecule has 0 saturated heterocycles. The van der Waals surface area contributed by atoms with Gasteiger partial charge < -0.3 is 9.84 Å². The molecule has 0 fully saturated rings. The van der Waals surface area contributed by atoms with Gasteiger partial charge in [0.05, 0.1) is 4.90 Å². The quantitative estimate of drug-likeness (QED) is 0.897. The standard InChI is InChI=1S/C12H9F3N2O4S/c13-12(14,15)21-8-3-5-9(6-4-8)22(19,20)17-11-10(18)2-1-7-16-11/h1-7,18H,(H,16,17). The number of alkyl halides is 3. The van der Waals surface area contributed by atoms with E-state index in [2.05, 4.69) is 9.72 Å². The van der Waals surface area contributed by atoms with Gasteiger partial charge >= 0.3 is 6.36 Å². The Balaban J connectivity index is 2.22. The van der Waals surface area contributed by atoms with Gasteiger partial charge in [-0.2, -0.15) is 0 Å². The second-order valence-corrected chi connectivity index (χ2v) is 5.68. The van der Waals surface area contributed by atoms with Crippen molar-refractivity contribution in [2.24, 2.45) is 0 Å². The Bertz CT molecular complexity index is 761. The molecule has 0 radical (unpaired) electrons. The highest BCUT2D eigenvalue weighted by molar-refractivity contribution is 7.92. The molecule has 0 aliphatic carbocycles. The van der Waals surface area contributed by atoms with E-state index in [1.807, 2.05) is 4.72 Å². The number of benzene rings is 1. The van der Waals surface area contributed by atoms with Crippen molar-refractivity contribution in [3.8, 4) is 11.5 Å². The molecule has 1 aromatic carbocycles. The summed E-state index contributed by atoms with van der Waals surface area (Å²) in [6.45, 7) is 0. The van der Waals surface area contributed by atoms with Gasteiger partial charge in [0.1, 0.15) is 5.75 Å². The van der Waals surface area contributed by atoms with E-state index in [-0.39, 0.29) is 16.5 Å². The number of aromatic nitrogens is 1. The van der Waals surface area contributed by atoms with Crippen LogP contribution in [0, 0.1) is 0 Å². The summed E-state index contributed by atoms with van der Waals surface area (Å²) in [5.74, 6) is -1.23. The number of hydrogen-bond donors (Lipinski definition) is 2. The van der Waals surface area contributed by atoms with Crippen molar-refractivity contribution in [2.45, 2.75) is 11.3 Å². The second kappa shape index (κ2) is 5.72. The molecule has 0 unspecified atom stereocenters. The van der Waals surface area contributed by atoms with Crippen LogP contribution < -0.4 is 9.46 Å². The van der Waals surface area contributed by atoms with Crippen LogP contribution in [0.25, 0.3) is 0 Å². The van der Waals surface area contributed by atoms with Crippen molar-refractivity contribution in [1.82, 2.24) is 4.98 Å². The normalized spacial score (nSPS) is 12.0. The zero-order valence-electron chi connectivity index (χ0n) is 10.7. The van der Waals surface area contributed by atoms with Crippen LogP contribution in [0.3, 0.4) is 0 Å². The Kier molecular flexibility index (Phi) is 4.13. The lowest BCUT2D eigenvalue weighted by Crippen LogP contribution is -2.17. The summed E-state index contributed by atoms with van der Waals surface area (Å²) in [5, 5.41) is 9.46. The van der Waals surface area contributed by atoms with Crippen LogP contribution in [0.4, 0.5) is 19.0 Å². The van der Waals surface area contributed by atoms with Crippen molar-refractivity contribution in [3.05, 3.63) is 42.6 Å². The number of hydrogen-bond acceptors (Lipinski definition) is 5. The van der Waals surface area contributed by atoms with E-state index in [9.17, 15) is 26.7 Å². The van der Waals surface area contributed by atoms with Crippen molar-refractivity contribution in [2.75, 3.05) is 4.72 Å². The Morgan fingerprint density at radius 1 is 1.14 bits per heavy atom. The van der Waals surface area contributed by atoms with Crippen LogP contribution in [0.1, 0.15) is 0 Å². The third-order valence-corrected chi connectivity index (χ3v) is 3.74. The Hall–Kier alpha value is -2.49. The minimum atomic E-state index is -4.86. The highest BCUT2D eigenvalue weighted by Crippen LogP contribution is 2.26. The fraction of sp³-hybridized carbons (Fsp3) is 0.0833. The predicted octanol–water partition coefficient (Wildman–Crippen LogP) is 2.49. The molecular formula is C12H9F3N2O4S. The van der Waals surface area contributed by atoms with Crippen molar-refractivity contribution in [1.29, 1.82) is 0 Å². The average Bonchev–Trinajstić information content (AvgIpc) is 2.40. The highest BCUT2D eigenvalue weighted by Gasteiger charge is 2.31. The van der Waals surface area contributed by atoms with E-state index in [0.29, 0.717) is 0 Å². The van der Waals surface area contributed by atoms with Gasteiger partial charge in [0.15, 0.2) is 11.6 Å². The van der Waals surface area contributed by atoms with E-state index in [1.165, 1.54) is 18.3 Å². The third-order valence-electron chi connectivity index (χ3n) is 2.39. The van der Waals surface area contributed by atoms with Crippen LogP contribution >= 0.6 is 0 Å². The minimum Gasteiger partial charge on any atom is -0.504 e. The summed E-state index contributed by atoms with van der Waals surface area (Å²) in [6.07, 6.45) is -3.60. The van der Waals surface area contributed by atoms with E-state index < -0.39 is 22.1 Å². The molecule has 0 aliphatic heterocycles. The molecule has 2 rings (SSSR count). The van der Waals surface area contributed by atoms with Crippen LogP contribution in [-0.4, -0.2) is 24.9 Å². The maximum atomic E-state index is 12.0. The number of pyridine rings is 1. The molecule has 118 valence electrons. The summed E-state index contributed by atoms with van der Waals surface area (Å²) in [4.78, 5) is 3.33. The first-order valence-electron chi connectivity index (χ1n) is 5.70. The van der Waals surface area contributed by atoms with E-state index in [1.54, 1.807) is 0 Å². The molecule has 2 aromatic rings. The molecule has 2 N–H and O–H groups in total. The molecule has 1 aromatic heterocycles. The van der Waals surface area contributed by atoms with Gasteiger partial charge in [-0.1, -0.05) is 0 Å². The summed E-state index contributed by atoms with van der Waals surface area (Å²) in [5.41, 5.74) is 0. The maximum absolute atomic E-state index is 12.0. The number of nitrogens with one attached hydrogen (secondary N) is 1. The Morgan fingerprint density at radius 2 is 1.77 bits per heavy atom. The van der Waals surface area contributed by atoms with E-state index >= 15 is 0 Å². The van der Waals surface area contributed by atoms with Gasteiger partial charge in [-0.3, -0.25) is 4.72 Å². The first-order valence-corrected chi connectivity index (χ1v) is 7.18. The fourth-order valence-electron chi connectivity index (χ4n) is 1.48.